The highest BCUT2D eigenvalue weighted by atomic mass is 16.3. The van der Waals surface area contributed by atoms with Gasteiger partial charge in [-0.3, -0.25) is 15.0 Å². The van der Waals surface area contributed by atoms with Crippen LogP contribution in [0.4, 0.5) is 0 Å². The third-order valence-corrected chi connectivity index (χ3v) is 14.9. The third-order valence-electron chi connectivity index (χ3n) is 14.9. The van der Waals surface area contributed by atoms with Gasteiger partial charge < -0.3 is 4.42 Å². The number of furan rings is 1. The number of hydrogen-bond acceptors (Lipinski definition) is 4. The van der Waals surface area contributed by atoms with Crippen molar-refractivity contribution in [3.05, 3.63) is 233 Å². The maximum Gasteiger partial charge on any atom is 0.144 e. The molecule has 0 radical (unpaired) electrons. The van der Waals surface area contributed by atoms with Crippen LogP contribution in [0.1, 0.15) is 120 Å². The molecule has 0 saturated heterocycles. The van der Waals surface area contributed by atoms with Gasteiger partial charge in [0.2, 0.25) is 0 Å². The Kier molecular flexibility index (Phi) is 10.9. The molecule has 1 fully saturated rings. The zero-order valence-electron chi connectivity index (χ0n) is 48.7. The number of hydrogen-bond donors (Lipinski definition) is 0. The van der Waals surface area contributed by atoms with Gasteiger partial charge in [0.25, 0.3) is 0 Å². The predicted octanol–water partition coefficient (Wildman–Crippen LogP) is 17.6. The van der Waals surface area contributed by atoms with Crippen molar-refractivity contribution in [3.8, 4) is 44.9 Å². The van der Waals surface area contributed by atoms with Crippen LogP contribution in [0.3, 0.4) is 0 Å². The largest absolute Gasteiger partial charge is 0.455 e. The average molecular weight is 947 g/mol. The maximum absolute atomic E-state index is 10.2. The molecule has 1 aliphatic rings. The quantitative estimate of drug-likeness (QED) is 0.109. The number of aryl methyl sites for hydroxylation is 3. The normalized spacial score (nSPS) is 15.5. The smallest absolute Gasteiger partial charge is 0.144 e. The van der Waals surface area contributed by atoms with E-state index in [9.17, 15) is 5.48 Å². The first-order valence-electron chi connectivity index (χ1n) is 29.0. The summed E-state index contributed by atoms with van der Waals surface area (Å²) in [6.07, 6.45) is 6.59. The van der Waals surface area contributed by atoms with Crippen LogP contribution in [-0.4, -0.2) is 15.0 Å². The molecule has 0 aliphatic heterocycles. The molecule has 0 amide bonds. The number of nitrogens with zero attached hydrogens (tertiary/aromatic N) is 3. The van der Waals surface area contributed by atoms with E-state index in [0.717, 1.165) is 74.0 Å². The van der Waals surface area contributed by atoms with Gasteiger partial charge in [-0.1, -0.05) is 193 Å². The molecule has 0 spiro atoms. The van der Waals surface area contributed by atoms with Crippen molar-refractivity contribution in [2.45, 2.75) is 109 Å². The van der Waals surface area contributed by atoms with Crippen molar-refractivity contribution in [3.63, 3.8) is 0 Å². The molecule has 4 aromatic heterocycles. The van der Waals surface area contributed by atoms with Crippen molar-refractivity contribution in [1.29, 1.82) is 0 Å². The van der Waals surface area contributed by atoms with Gasteiger partial charge >= 0.3 is 0 Å². The van der Waals surface area contributed by atoms with Crippen molar-refractivity contribution >= 4 is 21.9 Å². The van der Waals surface area contributed by atoms with E-state index in [4.69, 9.17) is 23.5 Å². The minimum atomic E-state index is -2.77. The van der Waals surface area contributed by atoms with E-state index in [1.54, 1.807) is 36.4 Å². The molecule has 4 nitrogen and oxygen atoms in total. The Morgan fingerprint density at radius 3 is 1.67 bits per heavy atom. The molecular weight excluding hydrogens is 875 g/mol. The molecule has 4 heterocycles. The monoisotopic (exact) mass is 947 g/mol. The predicted molar refractivity (Wildman–Crippen MR) is 300 cm³/mol. The first-order valence-corrected chi connectivity index (χ1v) is 25.5. The Morgan fingerprint density at radius 2 is 1.06 bits per heavy atom. The molecular formula is C68H65N3O. The Morgan fingerprint density at radius 1 is 0.500 bits per heavy atom. The Bertz CT molecular complexity index is 3690. The van der Waals surface area contributed by atoms with Gasteiger partial charge in [-0.25, -0.2) is 0 Å². The highest BCUT2D eigenvalue weighted by Crippen LogP contribution is 2.43. The maximum atomic E-state index is 10.2. The fraction of sp³-hybridized carbons (Fsp3) is 0.250. The lowest BCUT2D eigenvalue weighted by atomic mass is 9.77. The highest BCUT2D eigenvalue weighted by Gasteiger charge is 2.27. The first-order chi connectivity index (χ1) is 37.8. The second-order valence-corrected chi connectivity index (χ2v) is 21.0. The van der Waals surface area contributed by atoms with E-state index >= 15 is 0 Å². The molecule has 1 saturated carbocycles. The summed E-state index contributed by atoms with van der Waals surface area (Å²) in [5.74, 6) is 0.401. The molecule has 10 aromatic rings. The summed E-state index contributed by atoms with van der Waals surface area (Å²) >= 11 is 0. The lowest BCUT2D eigenvalue weighted by molar-refractivity contribution is 0.442. The number of aromatic nitrogens is 3. The fourth-order valence-corrected chi connectivity index (χ4v) is 11.0. The van der Waals surface area contributed by atoms with Crippen molar-refractivity contribution < 1.29 is 14.0 Å². The van der Waals surface area contributed by atoms with E-state index < -0.39 is 30.4 Å². The summed E-state index contributed by atoms with van der Waals surface area (Å²) in [4.78, 5) is 14.7. The van der Waals surface area contributed by atoms with Crippen LogP contribution in [0.15, 0.2) is 193 Å². The van der Waals surface area contributed by atoms with Gasteiger partial charge in [-0.15, -0.1) is 0 Å². The molecule has 0 unspecified atom stereocenters. The SMILES string of the molecule is [2H]C([2H])([2H])c1ccccc1-c1cc(-c2cccc3c2oc2c(C4CCCCC4)cccc23)ncc1C([2H])([2H])C([2H])([2H])c1cc(CC(C)(C)c2ccc(-c3ccccc3)nc2)cc(CC(C)(C)c2ccc(-c3ccccc3)nc2)c1. The van der Waals surface area contributed by atoms with Crippen LogP contribution >= 0.6 is 0 Å². The average Bonchev–Trinajstić information content (AvgIpc) is 3.95. The number of benzene rings is 6. The molecule has 11 rings (SSSR count). The van der Waals surface area contributed by atoms with Gasteiger partial charge in [-0.05, 0) is 142 Å². The lowest BCUT2D eigenvalue weighted by Gasteiger charge is -2.28. The Labute approximate surface area is 436 Å². The topological polar surface area (TPSA) is 51.8 Å². The van der Waals surface area contributed by atoms with Crippen molar-refractivity contribution in [2.75, 3.05) is 0 Å². The van der Waals surface area contributed by atoms with E-state index in [-0.39, 0.29) is 27.8 Å². The van der Waals surface area contributed by atoms with Gasteiger partial charge in [0, 0.05) is 55.6 Å². The lowest BCUT2D eigenvalue weighted by Crippen LogP contribution is -2.23. The summed E-state index contributed by atoms with van der Waals surface area (Å²) in [5, 5.41) is 1.94. The van der Waals surface area contributed by atoms with E-state index in [1.165, 1.54) is 37.1 Å². The van der Waals surface area contributed by atoms with Gasteiger partial charge in [0.1, 0.15) is 11.2 Å². The van der Waals surface area contributed by atoms with Crippen LogP contribution < -0.4 is 0 Å². The van der Waals surface area contributed by atoms with Gasteiger partial charge in [0.05, 0.1) is 17.1 Å². The number of para-hydroxylation sites is 2. The molecule has 6 aromatic carbocycles. The van der Waals surface area contributed by atoms with Crippen LogP contribution in [-0.2, 0) is 36.4 Å². The molecule has 1 aliphatic carbocycles. The molecule has 0 bridgehead atoms. The number of rotatable bonds is 14. The van der Waals surface area contributed by atoms with Gasteiger partial charge in [0.15, 0.2) is 0 Å². The van der Waals surface area contributed by atoms with E-state index in [1.807, 2.05) is 103 Å². The van der Waals surface area contributed by atoms with E-state index in [2.05, 4.69) is 64.1 Å². The molecule has 0 N–H and O–H groups in total. The second kappa shape index (κ2) is 20.0. The molecule has 4 heteroatoms. The van der Waals surface area contributed by atoms with Crippen molar-refractivity contribution in [1.82, 2.24) is 15.0 Å². The standard InChI is InChI=1S/C68H65N3O/c1-46-19-15-16-26-56(46)61-40-64(60-30-18-29-59-58-28-17-27-57(65(58)72-66(59)60)50-20-9-6-10-21-50)69-43-53(61)32-31-47-37-48(41-67(2,3)54-33-35-62(70-44-54)51-22-11-7-12-23-51)39-49(38-47)42-68(4,5)55-34-36-63(71-45-55)52-24-13-8-14-25-52/h7-8,11-19,22-30,33-40,43-45,50H,6,9-10,20-21,31-32,41-42H2,1-5H3/i1D3,31D2,32D2. The second-order valence-electron chi connectivity index (χ2n) is 21.0. The summed E-state index contributed by atoms with van der Waals surface area (Å²) in [5.41, 5.74) is 11.0. The number of pyridine rings is 3. The summed E-state index contributed by atoms with van der Waals surface area (Å²) < 4.78 is 73.5. The molecule has 72 heavy (non-hydrogen) atoms. The Balaban J connectivity index is 1.02. The number of fused-ring (bicyclic) bond motifs is 3. The van der Waals surface area contributed by atoms with Crippen LogP contribution in [0.25, 0.3) is 66.8 Å². The Hall–Kier alpha value is -7.43. The first kappa shape index (κ1) is 39.2. The summed E-state index contributed by atoms with van der Waals surface area (Å²) in [6.45, 7) is 6.04. The third kappa shape index (κ3) is 9.80. The molecule has 0 atom stereocenters. The highest BCUT2D eigenvalue weighted by molar-refractivity contribution is 6.10. The zero-order chi connectivity index (χ0) is 55.3. The van der Waals surface area contributed by atoms with Crippen LogP contribution in [0.5, 0.6) is 0 Å². The van der Waals surface area contributed by atoms with Gasteiger partial charge in [-0.2, -0.15) is 0 Å². The molecule has 358 valence electrons. The van der Waals surface area contributed by atoms with Crippen LogP contribution in [0.2, 0.25) is 0 Å². The van der Waals surface area contributed by atoms with Crippen LogP contribution in [0, 0.1) is 6.85 Å². The zero-order valence-corrected chi connectivity index (χ0v) is 41.7. The van der Waals surface area contributed by atoms with E-state index in [0.29, 0.717) is 35.6 Å². The van der Waals surface area contributed by atoms with Crippen molar-refractivity contribution in [2.24, 2.45) is 0 Å². The summed E-state index contributed by atoms with van der Waals surface area (Å²) in [6, 6.07) is 54.8. The minimum Gasteiger partial charge on any atom is -0.455 e. The summed E-state index contributed by atoms with van der Waals surface area (Å²) in [7, 11) is 0. The fourth-order valence-electron chi connectivity index (χ4n) is 11.0. The minimum absolute atomic E-state index is 0.0233.